The molecule has 0 aliphatic heterocycles. The predicted octanol–water partition coefficient (Wildman–Crippen LogP) is 3.58. The quantitative estimate of drug-likeness (QED) is 0.556. The Labute approximate surface area is 169 Å². The molecule has 0 bridgehead atoms. The summed E-state index contributed by atoms with van der Waals surface area (Å²) in [5, 5.41) is 5.11. The van der Waals surface area contributed by atoms with E-state index in [1.54, 1.807) is 4.68 Å². The van der Waals surface area contributed by atoms with Crippen LogP contribution in [0.1, 0.15) is 15.9 Å². The lowest BCUT2D eigenvalue weighted by Crippen LogP contribution is -2.33. The van der Waals surface area contributed by atoms with Gasteiger partial charge in [-0.2, -0.15) is 5.10 Å². The number of halogens is 2. The van der Waals surface area contributed by atoms with E-state index in [0.29, 0.717) is 10.7 Å². The first-order chi connectivity index (χ1) is 13.4. The van der Waals surface area contributed by atoms with Crippen molar-refractivity contribution in [2.75, 3.05) is 5.43 Å². The second-order valence-corrected chi connectivity index (χ2v) is 6.96. The molecule has 0 radical (unpaired) electrons. The molecule has 140 valence electrons. The van der Waals surface area contributed by atoms with Gasteiger partial charge in [-0.25, -0.2) is 14.3 Å². The highest BCUT2D eigenvalue weighted by Crippen LogP contribution is 2.21. The fourth-order valence-electron chi connectivity index (χ4n) is 2.71. The van der Waals surface area contributed by atoms with Crippen LogP contribution in [0.3, 0.4) is 0 Å². The first kappa shape index (κ1) is 18.2. The van der Waals surface area contributed by atoms with E-state index in [1.807, 2.05) is 31.2 Å². The number of aromatic nitrogens is 4. The topological polar surface area (TPSA) is 81.8 Å². The maximum absolute atomic E-state index is 12.7. The number of rotatable bonds is 3. The number of aryl methyl sites for hydroxylation is 1. The molecule has 2 heterocycles. The van der Waals surface area contributed by atoms with Crippen LogP contribution in [0.2, 0.25) is 10.0 Å². The van der Waals surface area contributed by atoms with Gasteiger partial charge in [0.1, 0.15) is 11.7 Å². The van der Waals surface area contributed by atoms with E-state index in [-0.39, 0.29) is 16.0 Å². The standard InChI is InChI=1S/C19H13Cl2N5O2/c1-11-2-5-13(6-3-11)26-17-15(9-23-26)19(28)25(10-22-17)24-18(27)14-7-4-12(20)8-16(14)21/h2-10H,1H3,(H,24,27). The van der Waals surface area contributed by atoms with Gasteiger partial charge in [0.05, 0.1) is 22.5 Å². The maximum atomic E-state index is 12.7. The molecule has 0 aliphatic rings. The minimum atomic E-state index is -0.559. The van der Waals surface area contributed by atoms with E-state index in [2.05, 4.69) is 15.5 Å². The summed E-state index contributed by atoms with van der Waals surface area (Å²) in [5.74, 6) is -0.559. The summed E-state index contributed by atoms with van der Waals surface area (Å²) in [6, 6.07) is 12.1. The monoisotopic (exact) mass is 413 g/mol. The smallest absolute Gasteiger partial charge is 0.267 e. The van der Waals surface area contributed by atoms with Crippen LogP contribution in [-0.2, 0) is 0 Å². The molecular weight excluding hydrogens is 401 g/mol. The lowest BCUT2D eigenvalue weighted by Gasteiger charge is -2.09. The van der Waals surface area contributed by atoms with Crippen LogP contribution in [0.4, 0.5) is 0 Å². The van der Waals surface area contributed by atoms with Crippen molar-refractivity contribution < 1.29 is 4.79 Å². The molecule has 0 saturated carbocycles. The summed E-state index contributed by atoms with van der Waals surface area (Å²) >= 11 is 11.9. The molecule has 2 aromatic heterocycles. The molecule has 1 amide bonds. The lowest BCUT2D eigenvalue weighted by molar-refractivity contribution is 0.101. The SMILES string of the molecule is Cc1ccc(-n2ncc3c(=O)n(NC(=O)c4ccc(Cl)cc4Cl)cnc32)cc1. The van der Waals surface area contributed by atoms with Crippen LogP contribution in [0.25, 0.3) is 16.7 Å². The fraction of sp³-hybridized carbons (Fsp3) is 0.0526. The van der Waals surface area contributed by atoms with Crippen molar-refractivity contribution in [3.63, 3.8) is 0 Å². The Bertz CT molecular complexity index is 1260. The molecule has 0 aliphatic carbocycles. The lowest BCUT2D eigenvalue weighted by atomic mass is 10.2. The molecule has 0 fully saturated rings. The normalized spacial score (nSPS) is 11.0. The number of nitrogens with one attached hydrogen (secondary N) is 1. The Morgan fingerprint density at radius 1 is 1.11 bits per heavy atom. The van der Waals surface area contributed by atoms with Gasteiger partial charge in [0.15, 0.2) is 5.65 Å². The average Bonchev–Trinajstić information content (AvgIpc) is 3.09. The maximum Gasteiger partial charge on any atom is 0.283 e. The summed E-state index contributed by atoms with van der Waals surface area (Å²) in [5.41, 5.74) is 4.49. The number of benzene rings is 2. The molecule has 0 atom stereocenters. The van der Waals surface area contributed by atoms with Crippen molar-refractivity contribution in [3.05, 3.63) is 86.5 Å². The second kappa shape index (κ2) is 7.10. The molecule has 1 N–H and O–H groups in total. The minimum absolute atomic E-state index is 0.180. The summed E-state index contributed by atoms with van der Waals surface area (Å²) in [6.07, 6.45) is 2.65. The van der Waals surface area contributed by atoms with E-state index >= 15 is 0 Å². The highest BCUT2D eigenvalue weighted by atomic mass is 35.5. The third-order valence-corrected chi connectivity index (χ3v) is 4.71. The molecule has 9 heteroatoms. The van der Waals surface area contributed by atoms with Crippen LogP contribution in [-0.4, -0.2) is 25.3 Å². The molecule has 0 saturated heterocycles. The minimum Gasteiger partial charge on any atom is -0.267 e. The van der Waals surface area contributed by atoms with Crippen molar-refractivity contribution >= 4 is 40.1 Å². The van der Waals surface area contributed by atoms with E-state index in [9.17, 15) is 9.59 Å². The highest BCUT2D eigenvalue weighted by Gasteiger charge is 2.15. The third-order valence-electron chi connectivity index (χ3n) is 4.16. The van der Waals surface area contributed by atoms with Crippen molar-refractivity contribution in [2.45, 2.75) is 6.92 Å². The van der Waals surface area contributed by atoms with Crippen molar-refractivity contribution in [2.24, 2.45) is 0 Å². The Hall–Kier alpha value is -3.16. The third kappa shape index (κ3) is 3.26. The number of hydrogen-bond donors (Lipinski definition) is 1. The zero-order valence-corrected chi connectivity index (χ0v) is 16.1. The molecule has 4 aromatic rings. The van der Waals surface area contributed by atoms with Gasteiger partial charge in [-0.15, -0.1) is 0 Å². The average molecular weight is 414 g/mol. The molecule has 4 rings (SSSR count). The van der Waals surface area contributed by atoms with E-state index in [4.69, 9.17) is 23.2 Å². The zero-order valence-electron chi connectivity index (χ0n) is 14.6. The molecule has 2 aromatic carbocycles. The Morgan fingerprint density at radius 3 is 2.57 bits per heavy atom. The van der Waals surface area contributed by atoms with E-state index in [0.717, 1.165) is 15.9 Å². The summed E-state index contributed by atoms with van der Waals surface area (Å²) in [7, 11) is 0. The van der Waals surface area contributed by atoms with Gasteiger partial charge in [-0.3, -0.25) is 15.0 Å². The molecule has 0 unspecified atom stereocenters. The van der Waals surface area contributed by atoms with E-state index < -0.39 is 11.5 Å². The first-order valence-corrected chi connectivity index (χ1v) is 8.98. The Kier molecular flexibility index (Phi) is 4.62. The number of nitrogens with zero attached hydrogens (tertiary/aromatic N) is 4. The van der Waals surface area contributed by atoms with Gasteiger partial charge in [-0.1, -0.05) is 40.9 Å². The van der Waals surface area contributed by atoms with Gasteiger partial charge >= 0.3 is 0 Å². The van der Waals surface area contributed by atoms with Crippen molar-refractivity contribution in [3.8, 4) is 5.69 Å². The highest BCUT2D eigenvalue weighted by molar-refractivity contribution is 6.37. The van der Waals surface area contributed by atoms with E-state index in [1.165, 1.54) is 30.7 Å². The Balaban J connectivity index is 1.70. The Morgan fingerprint density at radius 2 is 1.86 bits per heavy atom. The molecule has 0 spiro atoms. The van der Waals surface area contributed by atoms with Gasteiger partial charge in [-0.05, 0) is 37.3 Å². The van der Waals surface area contributed by atoms with Gasteiger partial charge in [0.25, 0.3) is 11.5 Å². The van der Waals surface area contributed by atoms with Gasteiger partial charge in [0, 0.05) is 5.02 Å². The zero-order chi connectivity index (χ0) is 19.8. The van der Waals surface area contributed by atoms with Gasteiger partial charge < -0.3 is 0 Å². The molecule has 28 heavy (non-hydrogen) atoms. The second-order valence-electron chi connectivity index (χ2n) is 6.11. The van der Waals surface area contributed by atoms with Crippen LogP contribution in [0, 0.1) is 6.92 Å². The van der Waals surface area contributed by atoms with Crippen LogP contribution in [0.5, 0.6) is 0 Å². The molecule has 7 nitrogen and oxygen atoms in total. The van der Waals surface area contributed by atoms with Gasteiger partial charge in [0.2, 0.25) is 0 Å². The summed E-state index contributed by atoms with van der Waals surface area (Å²) < 4.78 is 2.56. The fourth-order valence-corrected chi connectivity index (χ4v) is 3.20. The predicted molar refractivity (Wildman–Crippen MR) is 108 cm³/mol. The number of amides is 1. The van der Waals surface area contributed by atoms with Crippen LogP contribution >= 0.6 is 23.2 Å². The summed E-state index contributed by atoms with van der Waals surface area (Å²) in [6.45, 7) is 1.98. The largest absolute Gasteiger partial charge is 0.283 e. The van der Waals surface area contributed by atoms with Crippen LogP contribution in [0.15, 0.2) is 59.8 Å². The van der Waals surface area contributed by atoms with Crippen molar-refractivity contribution in [1.82, 2.24) is 19.4 Å². The molecular formula is C19H13Cl2N5O2. The summed E-state index contributed by atoms with van der Waals surface area (Å²) in [4.78, 5) is 29.5. The number of hydrogen-bond acceptors (Lipinski definition) is 4. The number of carbonyl (C=O) groups excluding carboxylic acids is 1. The number of carbonyl (C=O) groups is 1. The van der Waals surface area contributed by atoms with Crippen molar-refractivity contribution in [1.29, 1.82) is 0 Å². The number of fused-ring (bicyclic) bond motifs is 1. The first-order valence-electron chi connectivity index (χ1n) is 8.23. The van der Waals surface area contributed by atoms with Crippen LogP contribution < -0.4 is 11.0 Å².